The number of methoxy groups -OCH3 is 1. The molecule has 0 spiro atoms. The van der Waals surface area contributed by atoms with Crippen molar-refractivity contribution < 1.29 is 23.6 Å². The molecule has 12 nitrogen and oxygen atoms in total. The number of rotatable bonds is 9. The summed E-state index contributed by atoms with van der Waals surface area (Å²) in [5, 5.41) is 20.6. The monoisotopic (exact) mass is 637 g/mol. The van der Waals surface area contributed by atoms with Gasteiger partial charge in [0.2, 0.25) is 11.6 Å². The zero-order valence-corrected chi connectivity index (χ0v) is 25.1. The van der Waals surface area contributed by atoms with Crippen LogP contribution in [-0.2, 0) is 4.79 Å². The summed E-state index contributed by atoms with van der Waals surface area (Å²) >= 11 is 6.15. The summed E-state index contributed by atoms with van der Waals surface area (Å²) in [7, 11) is 1.31. The smallest absolute Gasteiger partial charge is 0.315 e. The zero-order chi connectivity index (χ0) is 32.4. The summed E-state index contributed by atoms with van der Waals surface area (Å²) in [6.07, 6.45) is 1.25. The number of nitro groups is 1. The quantitative estimate of drug-likeness (QED) is 0.106. The number of nitro benzene ring substituents is 1. The molecule has 1 amide bonds. The Labute approximate surface area is 265 Å². The van der Waals surface area contributed by atoms with Crippen molar-refractivity contribution in [2.24, 2.45) is 5.10 Å². The number of benzene rings is 4. The highest BCUT2D eigenvalue weighted by atomic mass is 35.5. The lowest BCUT2D eigenvalue weighted by atomic mass is 10.2. The molecule has 46 heavy (non-hydrogen) atoms. The van der Waals surface area contributed by atoms with Gasteiger partial charge in [-0.3, -0.25) is 19.7 Å². The van der Waals surface area contributed by atoms with Crippen LogP contribution in [0.3, 0.4) is 0 Å². The van der Waals surface area contributed by atoms with Gasteiger partial charge < -0.3 is 19.2 Å². The summed E-state index contributed by atoms with van der Waals surface area (Å²) in [6.45, 7) is 1.41. The Bertz CT molecular complexity index is 2230. The lowest BCUT2D eigenvalue weighted by Gasteiger charge is -2.12. The number of hydrogen-bond donors (Lipinski definition) is 1. The van der Waals surface area contributed by atoms with Gasteiger partial charge in [-0.05, 0) is 61.5 Å². The zero-order valence-electron chi connectivity index (χ0n) is 24.4. The van der Waals surface area contributed by atoms with E-state index in [0.717, 1.165) is 10.2 Å². The van der Waals surface area contributed by atoms with Gasteiger partial charge in [-0.25, -0.2) is 4.98 Å². The fraction of sp³-hybridized carbons (Fsp3) is 0.0909. The van der Waals surface area contributed by atoms with Crippen molar-refractivity contribution >= 4 is 57.0 Å². The first kappa shape index (κ1) is 30.0. The fourth-order valence-electron chi connectivity index (χ4n) is 4.73. The number of carbonyl (C=O) groups excluding carboxylic acids is 1. The molecule has 0 aliphatic rings. The minimum Gasteiger partial charge on any atom is -0.493 e. The predicted molar refractivity (Wildman–Crippen MR) is 174 cm³/mol. The number of para-hydroxylation sites is 1. The third-order valence-electron chi connectivity index (χ3n) is 6.93. The van der Waals surface area contributed by atoms with E-state index >= 15 is 0 Å². The average molecular weight is 638 g/mol. The minimum atomic E-state index is -0.665. The third kappa shape index (κ3) is 6.14. The molecule has 6 rings (SSSR count). The van der Waals surface area contributed by atoms with E-state index in [1.807, 2.05) is 19.1 Å². The molecule has 230 valence electrons. The van der Waals surface area contributed by atoms with E-state index in [4.69, 9.17) is 25.5 Å². The van der Waals surface area contributed by atoms with Crippen molar-refractivity contribution in [3.05, 3.63) is 122 Å². The van der Waals surface area contributed by atoms with Gasteiger partial charge in [0.1, 0.15) is 5.58 Å². The highest BCUT2D eigenvalue weighted by Gasteiger charge is 2.24. The molecule has 0 saturated carbocycles. The lowest BCUT2D eigenvalue weighted by Crippen LogP contribution is -2.21. The molecule has 0 aliphatic carbocycles. The number of aromatic nitrogens is 2. The molecule has 0 unspecified atom stereocenters. The fourth-order valence-corrected chi connectivity index (χ4v) is 4.91. The van der Waals surface area contributed by atoms with Crippen molar-refractivity contribution in [3.8, 4) is 23.1 Å². The van der Waals surface area contributed by atoms with Crippen LogP contribution in [-0.4, -0.2) is 40.4 Å². The largest absolute Gasteiger partial charge is 0.493 e. The molecular weight excluding hydrogens is 614 g/mol. The average Bonchev–Trinajstić information content (AvgIpc) is 3.47. The van der Waals surface area contributed by atoms with Crippen LogP contribution in [0.2, 0.25) is 5.02 Å². The Morgan fingerprint density at radius 1 is 1.11 bits per heavy atom. The third-order valence-corrected chi connectivity index (χ3v) is 7.17. The van der Waals surface area contributed by atoms with Crippen molar-refractivity contribution in [1.82, 2.24) is 9.66 Å². The van der Waals surface area contributed by atoms with Crippen LogP contribution in [0.5, 0.6) is 11.5 Å². The van der Waals surface area contributed by atoms with Crippen LogP contribution in [0.15, 0.2) is 99.2 Å². The number of nitrogens with one attached hydrogen (secondary N) is 1. The molecule has 0 radical (unpaired) electrons. The number of nitrogens with zero attached hydrogens (tertiary/aromatic N) is 4. The first-order valence-corrected chi connectivity index (χ1v) is 14.2. The van der Waals surface area contributed by atoms with Gasteiger partial charge in [0.15, 0.2) is 18.1 Å². The second-order valence-corrected chi connectivity index (χ2v) is 10.6. The second-order valence-electron chi connectivity index (χ2n) is 10.1. The molecule has 0 fully saturated rings. The van der Waals surface area contributed by atoms with Crippen LogP contribution < -0.4 is 20.3 Å². The van der Waals surface area contributed by atoms with E-state index in [1.54, 1.807) is 60.7 Å². The van der Waals surface area contributed by atoms with Crippen molar-refractivity contribution in [3.63, 3.8) is 0 Å². The number of amides is 1. The standard InChI is InChI=1S/C33H24ClN5O7/c1-19-7-10-23(11-8-19)36-30(40)18-45-31-26(39(42)43)13-20(14-28(31)44-2)17-35-38-32(37-25-6-4-3-5-24(25)33(38)41)29-16-21-15-22(34)9-12-27(21)46-29/h3-17H,18H2,1-2H3,(H,36,40). The lowest BCUT2D eigenvalue weighted by molar-refractivity contribution is -0.385. The highest BCUT2D eigenvalue weighted by molar-refractivity contribution is 6.31. The number of hydrogen-bond acceptors (Lipinski definition) is 9. The summed E-state index contributed by atoms with van der Waals surface area (Å²) < 4.78 is 18.0. The van der Waals surface area contributed by atoms with E-state index in [2.05, 4.69) is 15.4 Å². The molecule has 6 aromatic rings. The predicted octanol–water partition coefficient (Wildman–Crippen LogP) is 6.59. The Morgan fingerprint density at radius 2 is 1.89 bits per heavy atom. The molecule has 0 aliphatic heterocycles. The molecule has 0 atom stereocenters. The molecule has 4 aromatic carbocycles. The Morgan fingerprint density at radius 3 is 2.65 bits per heavy atom. The van der Waals surface area contributed by atoms with Gasteiger partial charge >= 0.3 is 5.69 Å². The molecule has 13 heteroatoms. The maximum absolute atomic E-state index is 13.6. The normalized spacial score (nSPS) is 11.3. The maximum Gasteiger partial charge on any atom is 0.315 e. The van der Waals surface area contributed by atoms with Crippen LogP contribution in [0.1, 0.15) is 11.1 Å². The van der Waals surface area contributed by atoms with Gasteiger partial charge in [0.25, 0.3) is 11.5 Å². The van der Waals surface area contributed by atoms with Crippen LogP contribution in [0.25, 0.3) is 33.5 Å². The molecule has 1 N–H and O–H groups in total. The van der Waals surface area contributed by atoms with E-state index < -0.39 is 28.7 Å². The van der Waals surface area contributed by atoms with Crippen LogP contribution in [0.4, 0.5) is 11.4 Å². The topological polar surface area (TPSA) is 151 Å². The summed E-state index contributed by atoms with van der Waals surface area (Å²) in [4.78, 5) is 42.2. The van der Waals surface area contributed by atoms with Gasteiger partial charge in [-0.15, -0.1) is 0 Å². The van der Waals surface area contributed by atoms with E-state index in [0.29, 0.717) is 32.6 Å². The first-order valence-electron chi connectivity index (χ1n) is 13.8. The highest BCUT2D eigenvalue weighted by Crippen LogP contribution is 2.38. The number of halogens is 1. The molecule has 0 saturated heterocycles. The molecular formula is C33H24ClN5O7. The second kappa shape index (κ2) is 12.5. The van der Waals surface area contributed by atoms with Gasteiger partial charge in [0, 0.05) is 27.7 Å². The number of furan rings is 1. The van der Waals surface area contributed by atoms with Crippen LogP contribution in [0, 0.1) is 17.0 Å². The van der Waals surface area contributed by atoms with Gasteiger partial charge in [-0.1, -0.05) is 41.4 Å². The summed E-state index contributed by atoms with van der Waals surface area (Å²) in [6, 6.07) is 23.3. The van der Waals surface area contributed by atoms with E-state index in [1.165, 1.54) is 25.5 Å². The number of carbonyl (C=O) groups is 1. The molecule has 2 heterocycles. The summed E-state index contributed by atoms with van der Waals surface area (Å²) in [5.74, 6) is -0.414. The Kier molecular flexibility index (Phi) is 8.19. The number of ether oxygens (including phenoxy) is 2. The van der Waals surface area contributed by atoms with Crippen molar-refractivity contribution in [2.45, 2.75) is 6.92 Å². The van der Waals surface area contributed by atoms with E-state index in [9.17, 15) is 19.7 Å². The van der Waals surface area contributed by atoms with Gasteiger partial charge in [-0.2, -0.15) is 9.78 Å². The SMILES string of the molecule is COc1cc(C=Nn2c(-c3cc4cc(Cl)ccc4o3)nc3ccccc3c2=O)cc([N+](=O)[O-])c1OCC(=O)Nc1ccc(C)cc1. The van der Waals surface area contributed by atoms with Crippen molar-refractivity contribution in [2.75, 3.05) is 19.0 Å². The maximum atomic E-state index is 13.6. The Balaban J connectivity index is 1.36. The van der Waals surface area contributed by atoms with Crippen molar-refractivity contribution in [1.29, 1.82) is 0 Å². The number of fused-ring (bicyclic) bond motifs is 2. The van der Waals surface area contributed by atoms with E-state index in [-0.39, 0.29) is 28.6 Å². The minimum absolute atomic E-state index is 0.0165. The first-order chi connectivity index (χ1) is 22.2. The molecule has 2 aromatic heterocycles. The Hall–Kier alpha value is -6.01. The number of aryl methyl sites for hydroxylation is 1. The number of anilines is 1. The van der Waals surface area contributed by atoms with Gasteiger partial charge in [0.05, 0.1) is 29.2 Å². The summed E-state index contributed by atoms with van der Waals surface area (Å²) in [5.41, 5.74) is 1.78. The molecule has 0 bridgehead atoms. The van der Waals surface area contributed by atoms with Crippen LogP contribution >= 0.6 is 11.6 Å².